The van der Waals surface area contributed by atoms with Gasteiger partial charge in [0.25, 0.3) is 11.8 Å². The van der Waals surface area contributed by atoms with Gasteiger partial charge in [0.2, 0.25) is 0 Å². The third kappa shape index (κ3) is 4.54. The highest BCUT2D eigenvalue weighted by Crippen LogP contribution is 2.26. The Bertz CT molecular complexity index is 1030. The molecule has 3 aromatic rings. The van der Waals surface area contributed by atoms with E-state index in [4.69, 9.17) is 4.42 Å². The van der Waals surface area contributed by atoms with Crippen LogP contribution in [0.15, 0.2) is 52.1 Å². The lowest BCUT2D eigenvalue weighted by Crippen LogP contribution is -2.30. The molecule has 7 nitrogen and oxygen atoms in total. The van der Waals surface area contributed by atoms with Crippen molar-refractivity contribution < 1.29 is 14.0 Å². The van der Waals surface area contributed by atoms with E-state index < -0.39 is 0 Å². The summed E-state index contributed by atoms with van der Waals surface area (Å²) < 4.78 is 5.37. The van der Waals surface area contributed by atoms with Gasteiger partial charge in [0.1, 0.15) is 5.03 Å². The van der Waals surface area contributed by atoms with E-state index in [0.29, 0.717) is 52.2 Å². The molecule has 30 heavy (non-hydrogen) atoms. The molecule has 0 saturated heterocycles. The first kappa shape index (κ1) is 21.6. The van der Waals surface area contributed by atoms with Gasteiger partial charge >= 0.3 is 0 Å². The summed E-state index contributed by atoms with van der Waals surface area (Å²) in [6, 6.07) is 10.4. The Morgan fingerprint density at radius 1 is 1.10 bits per heavy atom. The lowest BCUT2D eigenvalue weighted by atomic mass is 10.1. The molecule has 1 aromatic carbocycles. The second-order valence-corrected chi connectivity index (χ2v) is 7.30. The highest BCUT2D eigenvalue weighted by Gasteiger charge is 2.20. The summed E-state index contributed by atoms with van der Waals surface area (Å²) in [5.41, 5.74) is 2.16. The third-order valence-electron chi connectivity index (χ3n) is 4.66. The van der Waals surface area contributed by atoms with Crippen LogP contribution >= 0.6 is 11.8 Å². The molecule has 1 N–H and O–H groups in total. The molecule has 0 aliphatic heterocycles. The molecule has 3 rings (SSSR count). The Hall–Kier alpha value is -3.13. The van der Waals surface area contributed by atoms with Gasteiger partial charge < -0.3 is 14.6 Å². The first-order chi connectivity index (χ1) is 14.5. The van der Waals surface area contributed by atoms with Crippen LogP contribution in [-0.4, -0.2) is 46.0 Å². The average Bonchev–Trinajstić information content (AvgIpc) is 3.29. The predicted octanol–water partition coefficient (Wildman–Crippen LogP) is 4.50. The number of amides is 2. The standard InChI is InChI=1S/C22H24N4O3S/c1-5-26(6-2)22(28)15-9-11-16(12-10-15)24-20(27)18-14(3)23-19(25-21(18)30-4)17-8-7-13-29-17/h7-13H,5-6H2,1-4H3,(H,24,27). The van der Waals surface area contributed by atoms with Gasteiger partial charge in [-0.1, -0.05) is 0 Å². The van der Waals surface area contributed by atoms with Crippen molar-refractivity contribution in [2.75, 3.05) is 24.7 Å². The first-order valence-corrected chi connectivity index (χ1v) is 10.9. The van der Waals surface area contributed by atoms with Crippen LogP contribution in [0.2, 0.25) is 0 Å². The molecule has 0 fully saturated rings. The van der Waals surface area contributed by atoms with Crippen LogP contribution in [0.3, 0.4) is 0 Å². The van der Waals surface area contributed by atoms with Crippen molar-refractivity contribution in [2.45, 2.75) is 25.8 Å². The number of hydrogen-bond donors (Lipinski definition) is 1. The Kier molecular flexibility index (Phi) is 6.89. The number of hydrogen-bond acceptors (Lipinski definition) is 6. The number of nitrogens with zero attached hydrogens (tertiary/aromatic N) is 3. The molecule has 0 aliphatic rings. The SMILES string of the molecule is CCN(CC)C(=O)c1ccc(NC(=O)c2c(C)nc(-c3ccco3)nc2SC)cc1. The summed E-state index contributed by atoms with van der Waals surface area (Å²) in [5.74, 6) is 0.664. The van der Waals surface area contributed by atoms with Gasteiger partial charge in [-0.3, -0.25) is 9.59 Å². The molecule has 0 spiro atoms. The van der Waals surface area contributed by atoms with E-state index >= 15 is 0 Å². The zero-order chi connectivity index (χ0) is 21.7. The number of thioether (sulfide) groups is 1. The molecular formula is C22H24N4O3S. The zero-order valence-electron chi connectivity index (χ0n) is 17.4. The maximum atomic E-state index is 12.9. The number of carbonyl (C=O) groups is 2. The molecule has 0 radical (unpaired) electrons. The van der Waals surface area contributed by atoms with Crippen LogP contribution < -0.4 is 5.32 Å². The van der Waals surface area contributed by atoms with E-state index in [9.17, 15) is 9.59 Å². The Morgan fingerprint density at radius 3 is 2.37 bits per heavy atom. The number of furan rings is 1. The second kappa shape index (κ2) is 9.58. The van der Waals surface area contributed by atoms with Crippen LogP contribution in [-0.2, 0) is 0 Å². The highest BCUT2D eigenvalue weighted by atomic mass is 32.2. The fourth-order valence-electron chi connectivity index (χ4n) is 3.05. The summed E-state index contributed by atoms with van der Waals surface area (Å²) >= 11 is 1.37. The number of nitrogens with one attached hydrogen (secondary N) is 1. The van der Waals surface area contributed by atoms with Crippen molar-refractivity contribution in [3.8, 4) is 11.6 Å². The largest absolute Gasteiger partial charge is 0.461 e. The van der Waals surface area contributed by atoms with E-state index in [1.165, 1.54) is 11.8 Å². The maximum Gasteiger partial charge on any atom is 0.260 e. The van der Waals surface area contributed by atoms with Gasteiger partial charge in [0.15, 0.2) is 11.6 Å². The number of aromatic nitrogens is 2. The average molecular weight is 425 g/mol. The van der Waals surface area contributed by atoms with Gasteiger partial charge in [-0.05, 0) is 63.4 Å². The Balaban J connectivity index is 1.81. The van der Waals surface area contributed by atoms with Crippen molar-refractivity contribution in [3.63, 3.8) is 0 Å². The van der Waals surface area contributed by atoms with Gasteiger partial charge in [-0.15, -0.1) is 11.8 Å². The van der Waals surface area contributed by atoms with Crippen molar-refractivity contribution in [3.05, 3.63) is 59.5 Å². The Labute approximate surface area is 179 Å². The van der Waals surface area contributed by atoms with Crippen molar-refractivity contribution >= 4 is 29.3 Å². The highest BCUT2D eigenvalue weighted by molar-refractivity contribution is 7.98. The van der Waals surface area contributed by atoms with Crippen LogP contribution in [0.5, 0.6) is 0 Å². The molecule has 0 atom stereocenters. The molecule has 156 valence electrons. The fourth-order valence-corrected chi connectivity index (χ4v) is 3.68. The van der Waals surface area contributed by atoms with E-state index in [1.807, 2.05) is 20.1 Å². The molecule has 0 saturated carbocycles. The van der Waals surface area contributed by atoms with Crippen LogP contribution in [0, 0.1) is 6.92 Å². The van der Waals surface area contributed by atoms with Crippen molar-refractivity contribution in [1.29, 1.82) is 0 Å². The minimum atomic E-state index is -0.300. The summed E-state index contributed by atoms with van der Waals surface area (Å²) in [7, 11) is 0. The molecule has 0 bridgehead atoms. The van der Waals surface area contributed by atoms with E-state index in [0.717, 1.165) is 0 Å². The number of carbonyl (C=O) groups excluding carboxylic acids is 2. The molecule has 2 amide bonds. The quantitative estimate of drug-likeness (QED) is 0.444. The molecule has 2 aromatic heterocycles. The van der Waals surface area contributed by atoms with Crippen molar-refractivity contribution in [2.24, 2.45) is 0 Å². The fraction of sp³-hybridized carbons (Fsp3) is 0.273. The van der Waals surface area contributed by atoms with Gasteiger partial charge in [-0.2, -0.15) is 0 Å². The lowest BCUT2D eigenvalue weighted by Gasteiger charge is -2.18. The summed E-state index contributed by atoms with van der Waals surface area (Å²) in [4.78, 5) is 36.0. The minimum absolute atomic E-state index is 0.0275. The van der Waals surface area contributed by atoms with Gasteiger partial charge in [0.05, 0.1) is 17.5 Å². The number of anilines is 1. The summed E-state index contributed by atoms with van der Waals surface area (Å²) in [5, 5.41) is 3.44. The Morgan fingerprint density at radius 2 is 1.80 bits per heavy atom. The van der Waals surface area contributed by atoms with E-state index in [1.54, 1.807) is 54.5 Å². The van der Waals surface area contributed by atoms with Gasteiger partial charge in [-0.25, -0.2) is 9.97 Å². The number of rotatable bonds is 7. The molecule has 2 heterocycles. The van der Waals surface area contributed by atoms with Crippen LogP contribution in [0.4, 0.5) is 5.69 Å². The first-order valence-electron chi connectivity index (χ1n) is 9.65. The minimum Gasteiger partial charge on any atom is -0.461 e. The number of aryl methyl sites for hydroxylation is 1. The topological polar surface area (TPSA) is 88.3 Å². The maximum absolute atomic E-state index is 12.9. The summed E-state index contributed by atoms with van der Waals surface area (Å²) in [6.07, 6.45) is 3.42. The molecular weight excluding hydrogens is 400 g/mol. The summed E-state index contributed by atoms with van der Waals surface area (Å²) in [6.45, 7) is 6.97. The normalized spacial score (nSPS) is 10.7. The van der Waals surface area contributed by atoms with Crippen LogP contribution in [0.25, 0.3) is 11.6 Å². The van der Waals surface area contributed by atoms with Crippen LogP contribution in [0.1, 0.15) is 40.3 Å². The number of benzene rings is 1. The second-order valence-electron chi connectivity index (χ2n) is 6.50. The molecule has 8 heteroatoms. The zero-order valence-corrected chi connectivity index (χ0v) is 18.2. The van der Waals surface area contributed by atoms with Crippen molar-refractivity contribution in [1.82, 2.24) is 14.9 Å². The molecule has 0 aliphatic carbocycles. The van der Waals surface area contributed by atoms with Gasteiger partial charge in [0, 0.05) is 24.3 Å². The monoisotopic (exact) mass is 424 g/mol. The third-order valence-corrected chi connectivity index (χ3v) is 5.34. The van der Waals surface area contributed by atoms with E-state index in [2.05, 4.69) is 15.3 Å². The smallest absolute Gasteiger partial charge is 0.260 e. The predicted molar refractivity (Wildman–Crippen MR) is 118 cm³/mol. The molecule has 0 unspecified atom stereocenters. The lowest BCUT2D eigenvalue weighted by molar-refractivity contribution is 0.0773. The van der Waals surface area contributed by atoms with E-state index in [-0.39, 0.29) is 11.8 Å².